The van der Waals surface area contributed by atoms with E-state index in [2.05, 4.69) is 25.6 Å². The Morgan fingerprint density at radius 2 is 1.93 bits per heavy atom. The summed E-state index contributed by atoms with van der Waals surface area (Å²) in [5.74, 6) is -1.45. The van der Waals surface area contributed by atoms with Crippen molar-refractivity contribution in [3.63, 3.8) is 0 Å². The number of hydrogen-bond acceptors (Lipinski definition) is 7. The van der Waals surface area contributed by atoms with Gasteiger partial charge in [0, 0.05) is 19.3 Å². The molecule has 1 fully saturated rings. The minimum Gasteiger partial charge on any atom is -0.480 e. The predicted octanol–water partition coefficient (Wildman–Crippen LogP) is 2.31. The first kappa shape index (κ1) is 18.0. The molecule has 10 nitrogen and oxygen atoms in total. The second kappa shape index (κ2) is 7.29. The van der Waals surface area contributed by atoms with Gasteiger partial charge in [0.25, 0.3) is 5.91 Å². The van der Waals surface area contributed by atoms with Crippen molar-refractivity contribution in [3.05, 3.63) is 30.1 Å². The van der Waals surface area contributed by atoms with Gasteiger partial charge < -0.3 is 15.3 Å². The van der Waals surface area contributed by atoms with Crippen LogP contribution in [0.1, 0.15) is 42.6 Å². The monoisotopic (exact) mass is 384 g/mol. The topological polar surface area (TPSA) is 126 Å². The number of rotatable bonds is 5. The van der Waals surface area contributed by atoms with E-state index in [0.717, 1.165) is 31.6 Å². The number of nitrogens with one attached hydrogen (secondary N) is 1. The zero-order valence-corrected chi connectivity index (χ0v) is 15.3. The molecular weight excluding hydrogens is 364 g/mol. The van der Waals surface area contributed by atoms with Crippen LogP contribution < -0.4 is 10.2 Å². The van der Waals surface area contributed by atoms with Gasteiger partial charge in [-0.25, -0.2) is 9.42 Å². The van der Waals surface area contributed by atoms with Crippen molar-refractivity contribution in [2.75, 3.05) is 23.3 Å². The molecule has 1 saturated heterocycles. The van der Waals surface area contributed by atoms with Crippen LogP contribution in [0.4, 0.5) is 11.4 Å². The summed E-state index contributed by atoms with van der Waals surface area (Å²) in [6.45, 7) is 3.39. The van der Waals surface area contributed by atoms with Crippen LogP contribution in [-0.2, 0) is 4.79 Å². The zero-order chi connectivity index (χ0) is 19.7. The summed E-state index contributed by atoms with van der Waals surface area (Å²) >= 11 is 0. The van der Waals surface area contributed by atoms with Crippen molar-refractivity contribution in [1.82, 2.24) is 20.1 Å². The Kier molecular flexibility index (Phi) is 4.68. The third-order valence-electron chi connectivity index (χ3n) is 4.96. The second-order valence-electron chi connectivity index (χ2n) is 6.82. The summed E-state index contributed by atoms with van der Waals surface area (Å²) in [5.41, 5.74) is 2.74. The molecular formula is C18H20N6O4. The smallest absolute Gasteiger partial charge is 0.328 e. The molecule has 1 atom stereocenters. The largest absolute Gasteiger partial charge is 0.480 e. The Morgan fingerprint density at radius 3 is 2.68 bits per heavy atom. The number of carboxylic acids is 1. The molecule has 2 N–H and O–H groups in total. The third kappa shape index (κ3) is 3.28. The van der Waals surface area contributed by atoms with E-state index in [1.165, 1.54) is 30.4 Å². The number of aromatic nitrogens is 4. The average molecular weight is 384 g/mol. The van der Waals surface area contributed by atoms with Gasteiger partial charge in [0.2, 0.25) is 0 Å². The van der Waals surface area contributed by atoms with Crippen molar-refractivity contribution < 1.29 is 19.3 Å². The lowest BCUT2D eigenvalue weighted by molar-refractivity contribution is -0.140. The summed E-state index contributed by atoms with van der Waals surface area (Å²) in [6.07, 6.45) is 6.21. The summed E-state index contributed by atoms with van der Waals surface area (Å²) in [7, 11) is 0. The Hall–Kier alpha value is -3.43. The molecule has 0 saturated carbocycles. The normalized spacial score (nSPS) is 15.5. The lowest BCUT2D eigenvalue weighted by atomic mass is 10.1. The average Bonchev–Trinajstić information content (AvgIpc) is 3.38. The van der Waals surface area contributed by atoms with Crippen LogP contribution in [-0.4, -0.2) is 50.2 Å². The van der Waals surface area contributed by atoms with Gasteiger partial charge in [-0.05, 0) is 48.6 Å². The van der Waals surface area contributed by atoms with Gasteiger partial charge in [0.05, 0.1) is 23.1 Å². The van der Waals surface area contributed by atoms with Crippen LogP contribution in [0.15, 0.2) is 29.2 Å². The van der Waals surface area contributed by atoms with Crippen LogP contribution >= 0.6 is 0 Å². The fourth-order valence-electron chi connectivity index (χ4n) is 3.32. The summed E-state index contributed by atoms with van der Waals surface area (Å²) < 4.78 is 6.15. The molecule has 1 aliphatic rings. The van der Waals surface area contributed by atoms with E-state index in [4.69, 9.17) is 9.74 Å². The number of carbonyl (C=O) groups is 2. The molecule has 28 heavy (non-hydrogen) atoms. The third-order valence-corrected chi connectivity index (χ3v) is 4.96. The molecule has 4 rings (SSSR count). The molecule has 0 radical (unpaired) electrons. The van der Waals surface area contributed by atoms with Gasteiger partial charge in [-0.1, -0.05) is 0 Å². The standard InChI is InChI=1S/C18H20N6O4/c1-11(18(26)27)24-10-12(9-19-24)17(25)20-13-5-6-14(16-15(13)21-28-22-16)23-7-3-2-4-8-23/h5-6,9-11H,2-4,7-8H2,1H3,(H,20,25)(H,26,27). The van der Waals surface area contributed by atoms with Crippen molar-refractivity contribution in [3.8, 4) is 0 Å². The number of nitrogens with zero attached hydrogens (tertiary/aromatic N) is 5. The molecule has 0 spiro atoms. The molecule has 146 valence electrons. The van der Waals surface area contributed by atoms with Gasteiger partial charge in [-0.2, -0.15) is 5.10 Å². The lowest BCUT2D eigenvalue weighted by Crippen LogP contribution is -2.29. The van der Waals surface area contributed by atoms with E-state index < -0.39 is 17.9 Å². The fourth-order valence-corrected chi connectivity index (χ4v) is 3.32. The summed E-state index contributed by atoms with van der Waals surface area (Å²) in [5, 5.41) is 23.8. The van der Waals surface area contributed by atoms with Crippen LogP contribution in [0.2, 0.25) is 0 Å². The van der Waals surface area contributed by atoms with Crippen LogP contribution in [0, 0.1) is 0 Å². The number of fused-ring (bicyclic) bond motifs is 1. The number of amides is 1. The first-order valence-corrected chi connectivity index (χ1v) is 9.13. The van der Waals surface area contributed by atoms with E-state index in [1.807, 2.05) is 6.07 Å². The van der Waals surface area contributed by atoms with Crippen LogP contribution in [0.5, 0.6) is 0 Å². The number of piperidine rings is 1. The minimum absolute atomic E-state index is 0.248. The number of anilines is 2. The highest BCUT2D eigenvalue weighted by atomic mass is 16.6. The highest BCUT2D eigenvalue weighted by molar-refractivity contribution is 6.09. The second-order valence-corrected chi connectivity index (χ2v) is 6.82. The lowest BCUT2D eigenvalue weighted by Gasteiger charge is -2.28. The van der Waals surface area contributed by atoms with Gasteiger partial charge in [0.1, 0.15) is 6.04 Å². The Bertz CT molecular complexity index is 1020. The zero-order valence-electron chi connectivity index (χ0n) is 15.3. The molecule has 3 heterocycles. The molecule has 3 aromatic rings. The first-order chi connectivity index (χ1) is 13.5. The number of carbonyl (C=O) groups excluding carboxylic acids is 1. The summed E-state index contributed by atoms with van der Waals surface area (Å²) in [4.78, 5) is 25.9. The first-order valence-electron chi connectivity index (χ1n) is 9.13. The molecule has 10 heteroatoms. The maximum absolute atomic E-state index is 12.6. The fraction of sp³-hybridized carbons (Fsp3) is 0.389. The number of hydrogen-bond donors (Lipinski definition) is 2. The van der Waals surface area contributed by atoms with E-state index in [9.17, 15) is 9.59 Å². The van der Waals surface area contributed by atoms with Gasteiger partial charge in [0.15, 0.2) is 11.0 Å². The molecule has 2 aromatic heterocycles. The molecule has 0 bridgehead atoms. The van der Waals surface area contributed by atoms with E-state index in [1.54, 1.807) is 6.07 Å². The highest BCUT2D eigenvalue weighted by Gasteiger charge is 2.21. The Morgan fingerprint density at radius 1 is 1.18 bits per heavy atom. The van der Waals surface area contributed by atoms with E-state index in [0.29, 0.717) is 16.7 Å². The Labute approximate surface area is 160 Å². The minimum atomic E-state index is -1.03. The predicted molar refractivity (Wildman–Crippen MR) is 100 cm³/mol. The maximum Gasteiger partial charge on any atom is 0.328 e. The number of benzene rings is 1. The molecule has 1 unspecified atom stereocenters. The van der Waals surface area contributed by atoms with E-state index >= 15 is 0 Å². The van der Waals surface area contributed by atoms with Crippen LogP contribution in [0.25, 0.3) is 11.0 Å². The molecule has 0 aliphatic carbocycles. The number of carboxylic acid groups (broad SMARTS) is 1. The highest BCUT2D eigenvalue weighted by Crippen LogP contribution is 2.31. The quantitative estimate of drug-likeness (QED) is 0.686. The SMILES string of the molecule is CC(C(=O)O)n1cc(C(=O)Nc2ccc(N3CCCCC3)c3nonc23)cn1. The maximum atomic E-state index is 12.6. The number of aliphatic carboxylic acids is 1. The van der Waals surface area contributed by atoms with Gasteiger partial charge in [-0.15, -0.1) is 0 Å². The van der Waals surface area contributed by atoms with E-state index in [-0.39, 0.29) is 5.56 Å². The van der Waals surface area contributed by atoms with Crippen LogP contribution in [0.3, 0.4) is 0 Å². The molecule has 1 aliphatic heterocycles. The van der Waals surface area contributed by atoms with Crippen molar-refractivity contribution in [2.45, 2.75) is 32.2 Å². The van der Waals surface area contributed by atoms with Crippen molar-refractivity contribution >= 4 is 34.3 Å². The Balaban J connectivity index is 1.57. The molecule has 1 amide bonds. The van der Waals surface area contributed by atoms with Gasteiger partial charge in [-0.3, -0.25) is 9.48 Å². The van der Waals surface area contributed by atoms with Crippen molar-refractivity contribution in [1.29, 1.82) is 0 Å². The molecule has 1 aromatic carbocycles. The van der Waals surface area contributed by atoms with Gasteiger partial charge >= 0.3 is 5.97 Å². The summed E-state index contributed by atoms with van der Waals surface area (Å²) in [6, 6.07) is 2.82. The van der Waals surface area contributed by atoms with Crippen molar-refractivity contribution in [2.24, 2.45) is 0 Å².